The molecule has 210 valence electrons. The van der Waals surface area contributed by atoms with Gasteiger partial charge in [0.25, 0.3) is 32.1 Å². The average molecular weight is 597 g/mol. The van der Waals surface area contributed by atoms with Crippen molar-refractivity contribution in [3.63, 3.8) is 0 Å². The monoisotopic (exact) mass is 596 g/mol. The molecule has 0 radical (unpaired) electrons. The number of amides is 2. The number of pyridine rings is 1. The lowest BCUT2D eigenvalue weighted by atomic mass is 9.93. The first kappa shape index (κ1) is 30.3. The van der Waals surface area contributed by atoms with Crippen molar-refractivity contribution in [2.45, 2.75) is 26.7 Å². The Morgan fingerprint density at radius 1 is 1.00 bits per heavy atom. The topological polar surface area (TPSA) is 192 Å². The minimum Gasteiger partial charge on any atom is -0.350 e. The Morgan fingerprint density at radius 2 is 1.54 bits per heavy atom. The molecule has 39 heavy (non-hydrogen) atoms. The van der Waals surface area contributed by atoms with Crippen LogP contribution in [0.1, 0.15) is 53.2 Å². The molecule has 0 aliphatic heterocycles. The Kier molecular flexibility index (Phi) is 9.55. The largest absolute Gasteiger partial charge is 0.350 e. The summed E-state index contributed by atoms with van der Waals surface area (Å²) in [6, 6.07) is 6.78. The summed E-state index contributed by atoms with van der Waals surface area (Å²) in [4.78, 5) is 34.4. The first-order chi connectivity index (χ1) is 18.2. The number of rotatable bonds is 11. The smallest absolute Gasteiger partial charge is 0.269 e. The summed E-state index contributed by atoms with van der Waals surface area (Å²) in [7, 11) is -8.63. The van der Waals surface area contributed by atoms with Gasteiger partial charge in [0, 0.05) is 35.0 Å². The average Bonchev–Trinajstić information content (AvgIpc) is 3.32. The lowest BCUT2D eigenvalue weighted by molar-refractivity contribution is 0.0947. The molecular weight excluding hydrogens is 568 g/mol. The molecule has 4 N–H and O–H groups in total. The number of carbonyl (C=O) groups excluding carboxylic acids is 2. The van der Waals surface area contributed by atoms with Gasteiger partial charge >= 0.3 is 0 Å². The van der Waals surface area contributed by atoms with Crippen LogP contribution in [-0.2, 0) is 20.2 Å². The fourth-order valence-corrected chi connectivity index (χ4v) is 5.42. The van der Waals surface area contributed by atoms with Crippen molar-refractivity contribution < 1.29 is 35.5 Å². The van der Waals surface area contributed by atoms with E-state index in [1.807, 2.05) is 38.3 Å². The predicted molar refractivity (Wildman–Crippen MR) is 150 cm³/mol. The number of aliphatic imine (C=N–C) groups is 1. The molecule has 15 heteroatoms. The van der Waals surface area contributed by atoms with Crippen LogP contribution in [0.5, 0.6) is 0 Å². The number of carbonyl (C=O) groups is 2. The lowest BCUT2D eigenvalue weighted by Gasteiger charge is -2.16. The molecule has 0 aliphatic carbocycles. The maximum absolute atomic E-state index is 12.9. The first-order valence-electron chi connectivity index (χ1n) is 11.7. The van der Waals surface area contributed by atoms with Gasteiger partial charge in [-0.15, -0.1) is 11.3 Å². The third kappa shape index (κ3) is 8.12. The molecule has 0 unspecified atom stereocenters. The van der Waals surface area contributed by atoms with E-state index >= 15 is 0 Å². The fraction of sp³-hybridized carbons (Fsp3) is 0.333. The molecular formula is C24H28N4O8S3. The minimum atomic E-state index is -4.32. The standard InChI is InChI=1S/C24H28N4O8S3/c1-4-25-21-16-5-8-37-22(16)18(13-17(21)14(2)3)15-11-19(23(29)26-6-9-38(31,32)33)28-20(12-15)24(30)27-7-10-39(34,35)36/h4-5,8,11-14H,6-7,9-10H2,1-3H3,(H,26,29)(H,27,30)(H,31,32,33)(H,34,35,36). The second-order valence-electron chi connectivity index (χ2n) is 8.78. The first-order valence-corrected chi connectivity index (χ1v) is 15.8. The predicted octanol–water partition coefficient (Wildman–Crippen LogP) is 3.04. The van der Waals surface area contributed by atoms with E-state index in [0.717, 1.165) is 21.3 Å². The maximum Gasteiger partial charge on any atom is 0.269 e. The summed E-state index contributed by atoms with van der Waals surface area (Å²) in [6.45, 7) is 5.06. The highest BCUT2D eigenvalue weighted by molar-refractivity contribution is 7.86. The second kappa shape index (κ2) is 12.3. The Morgan fingerprint density at radius 3 is 2.00 bits per heavy atom. The highest BCUT2D eigenvalue weighted by Crippen LogP contribution is 2.43. The molecule has 0 bridgehead atoms. The van der Waals surface area contributed by atoms with E-state index in [2.05, 4.69) is 20.6 Å². The number of thiophene rings is 1. The third-order valence-corrected chi connectivity index (χ3v) is 7.90. The van der Waals surface area contributed by atoms with Crippen LogP contribution in [0.2, 0.25) is 0 Å². The molecule has 2 aromatic heterocycles. The molecule has 3 aromatic rings. The maximum atomic E-state index is 12.9. The van der Waals surface area contributed by atoms with Crippen LogP contribution < -0.4 is 10.6 Å². The van der Waals surface area contributed by atoms with Gasteiger partial charge in [0.05, 0.1) is 17.2 Å². The van der Waals surface area contributed by atoms with Gasteiger partial charge in [-0.3, -0.25) is 23.7 Å². The van der Waals surface area contributed by atoms with Gasteiger partial charge in [-0.05, 0) is 53.6 Å². The van der Waals surface area contributed by atoms with E-state index in [-0.39, 0.29) is 17.3 Å². The highest BCUT2D eigenvalue weighted by Gasteiger charge is 2.21. The van der Waals surface area contributed by atoms with E-state index in [9.17, 15) is 26.4 Å². The van der Waals surface area contributed by atoms with Crippen molar-refractivity contribution in [2.75, 3.05) is 24.6 Å². The zero-order valence-corrected chi connectivity index (χ0v) is 23.8. The Balaban J connectivity index is 2.14. The molecule has 12 nitrogen and oxygen atoms in total. The van der Waals surface area contributed by atoms with Gasteiger partial charge in [0.15, 0.2) is 0 Å². The van der Waals surface area contributed by atoms with E-state index < -0.39 is 56.6 Å². The molecule has 2 amide bonds. The van der Waals surface area contributed by atoms with Gasteiger partial charge in [-0.25, -0.2) is 4.98 Å². The quantitative estimate of drug-likeness (QED) is 0.190. The van der Waals surface area contributed by atoms with Crippen LogP contribution in [-0.4, -0.2) is 73.5 Å². The van der Waals surface area contributed by atoms with Crippen LogP contribution in [0.15, 0.2) is 34.6 Å². The summed E-state index contributed by atoms with van der Waals surface area (Å²) in [5, 5.41) is 7.49. The highest BCUT2D eigenvalue weighted by atomic mass is 32.2. The molecule has 0 spiro atoms. The normalized spacial score (nSPS) is 12.4. The van der Waals surface area contributed by atoms with E-state index in [0.29, 0.717) is 11.1 Å². The van der Waals surface area contributed by atoms with Crippen molar-refractivity contribution in [1.82, 2.24) is 15.6 Å². The van der Waals surface area contributed by atoms with Crippen molar-refractivity contribution in [2.24, 2.45) is 4.99 Å². The second-order valence-corrected chi connectivity index (χ2v) is 12.8. The van der Waals surface area contributed by atoms with Gasteiger partial charge in [-0.2, -0.15) is 16.8 Å². The molecule has 0 saturated heterocycles. The zero-order valence-electron chi connectivity index (χ0n) is 21.3. The molecule has 0 fully saturated rings. The van der Waals surface area contributed by atoms with E-state index in [4.69, 9.17) is 9.11 Å². The third-order valence-electron chi connectivity index (χ3n) is 5.51. The van der Waals surface area contributed by atoms with E-state index in [1.165, 1.54) is 23.5 Å². The van der Waals surface area contributed by atoms with Crippen LogP contribution in [0, 0.1) is 0 Å². The Labute approximate surface area is 230 Å². The molecule has 0 aliphatic rings. The number of aromatic nitrogens is 1. The number of nitrogens with zero attached hydrogens (tertiary/aromatic N) is 2. The van der Waals surface area contributed by atoms with Crippen LogP contribution >= 0.6 is 11.3 Å². The SMILES string of the molecule is CC=Nc1c(C(C)C)cc(-c2cc(C(=O)NCCS(=O)(=O)O)nc(C(=O)NCCS(=O)(=O)O)c2)c2sccc12. The summed E-state index contributed by atoms with van der Waals surface area (Å²) < 4.78 is 62.9. The van der Waals surface area contributed by atoms with Crippen molar-refractivity contribution >= 4 is 65.4 Å². The van der Waals surface area contributed by atoms with Crippen LogP contribution in [0.25, 0.3) is 21.2 Å². The van der Waals surface area contributed by atoms with Gasteiger partial charge in [0.1, 0.15) is 11.4 Å². The van der Waals surface area contributed by atoms with Crippen LogP contribution in [0.4, 0.5) is 5.69 Å². The van der Waals surface area contributed by atoms with Crippen LogP contribution in [0.3, 0.4) is 0 Å². The number of hydrogen-bond acceptors (Lipinski definition) is 9. The number of nitrogens with one attached hydrogen (secondary N) is 2. The number of hydrogen-bond donors (Lipinski definition) is 4. The van der Waals surface area contributed by atoms with E-state index in [1.54, 1.807) is 6.21 Å². The molecule has 1 aromatic carbocycles. The van der Waals surface area contributed by atoms with Gasteiger partial charge in [-0.1, -0.05) is 13.8 Å². The van der Waals surface area contributed by atoms with Crippen molar-refractivity contribution in [1.29, 1.82) is 0 Å². The van der Waals surface area contributed by atoms with Gasteiger partial charge in [0.2, 0.25) is 0 Å². The minimum absolute atomic E-state index is 0.0833. The number of benzene rings is 1. The summed E-state index contributed by atoms with van der Waals surface area (Å²) in [6.07, 6.45) is 1.70. The molecule has 0 atom stereocenters. The summed E-state index contributed by atoms with van der Waals surface area (Å²) in [5.41, 5.74) is 2.52. The molecule has 2 heterocycles. The summed E-state index contributed by atoms with van der Waals surface area (Å²) in [5.74, 6) is -2.92. The van der Waals surface area contributed by atoms with Gasteiger partial charge < -0.3 is 10.6 Å². The summed E-state index contributed by atoms with van der Waals surface area (Å²) >= 11 is 1.45. The molecule has 3 rings (SSSR count). The Hall–Kier alpha value is -3.24. The lowest BCUT2D eigenvalue weighted by Crippen LogP contribution is -2.32. The number of fused-ring (bicyclic) bond motifs is 1. The van der Waals surface area contributed by atoms with Crippen molar-refractivity contribution in [3.8, 4) is 11.1 Å². The molecule has 0 saturated carbocycles. The Bertz CT molecular complexity index is 1580. The fourth-order valence-electron chi connectivity index (χ4n) is 3.76. The van der Waals surface area contributed by atoms with Crippen molar-refractivity contribution in [3.05, 3.63) is 46.6 Å². The zero-order chi connectivity index (χ0) is 29.0.